The van der Waals surface area contributed by atoms with Crippen LogP contribution in [0.1, 0.15) is 44.2 Å². The van der Waals surface area contributed by atoms with Crippen LogP contribution in [0.4, 0.5) is 10.5 Å². The highest BCUT2D eigenvalue weighted by Crippen LogP contribution is 2.32. The molecule has 0 aliphatic carbocycles. The lowest BCUT2D eigenvalue weighted by Crippen LogP contribution is -2.29. The quantitative estimate of drug-likeness (QED) is 0.220. The summed E-state index contributed by atoms with van der Waals surface area (Å²) in [7, 11) is 1.54. The van der Waals surface area contributed by atoms with E-state index in [2.05, 4.69) is 20.8 Å². The van der Waals surface area contributed by atoms with E-state index in [1.54, 1.807) is 66.9 Å². The zero-order chi connectivity index (χ0) is 27.2. The van der Waals surface area contributed by atoms with Gasteiger partial charge in [-0.2, -0.15) is 0 Å². The number of rotatable bonds is 9. The number of carbonyl (C=O) groups excluding carboxylic acids is 3. The first-order valence-electron chi connectivity index (χ1n) is 11.5. The van der Waals surface area contributed by atoms with Gasteiger partial charge in [0, 0.05) is 17.3 Å². The van der Waals surface area contributed by atoms with Crippen molar-refractivity contribution in [2.45, 2.75) is 20.4 Å². The maximum atomic E-state index is 13.5. The van der Waals surface area contributed by atoms with Crippen LogP contribution >= 0.6 is 22.9 Å². The molecule has 0 bridgehead atoms. The second-order valence-electron chi connectivity index (χ2n) is 7.90. The molecular formula is C26H24ClN5O5S. The van der Waals surface area contributed by atoms with Crippen LogP contribution < -0.4 is 15.4 Å². The molecule has 2 aromatic heterocycles. The molecule has 2 amide bonds. The first-order chi connectivity index (χ1) is 18.3. The predicted octanol–water partition coefficient (Wildman–Crippen LogP) is 5.03. The van der Waals surface area contributed by atoms with Gasteiger partial charge in [-0.05, 0) is 44.2 Å². The van der Waals surface area contributed by atoms with Crippen molar-refractivity contribution in [3.8, 4) is 10.8 Å². The SMILES string of the molecule is CCOC(=O)c1cc(C(=O)c2ccccc2Cl)c(-n2c(C)nnc2CNC(=O)Nc2cccc(OC)c2)s1. The van der Waals surface area contributed by atoms with Crippen LogP contribution in [0.25, 0.3) is 5.00 Å². The summed E-state index contributed by atoms with van der Waals surface area (Å²) in [4.78, 5) is 38.9. The van der Waals surface area contributed by atoms with Gasteiger partial charge >= 0.3 is 12.0 Å². The summed E-state index contributed by atoms with van der Waals surface area (Å²) in [6.45, 7) is 3.58. The molecule has 4 aromatic rings. The van der Waals surface area contributed by atoms with Gasteiger partial charge in [-0.1, -0.05) is 29.8 Å². The fourth-order valence-electron chi connectivity index (χ4n) is 3.62. The molecular weight excluding hydrogens is 530 g/mol. The van der Waals surface area contributed by atoms with Crippen LogP contribution in [-0.4, -0.2) is 46.3 Å². The van der Waals surface area contributed by atoms with E-state index in [4.69, 9.17) is 21.1 Å². The molecule has 0 radical (unpaired) electrons. The van der Waals surface area contributed by atoms with Gasteiger partial charge in [0.1, 0.15) is 21.5 Å². The monoisotopic (exact) mass is 553 g/mol. The molecule has 0 fully saturated rings. The summed E-state index contributed by atoms with van der Waals surface area (Å²) < 4.78 is 12.0. The number of esters is 1. The lowest BCUT2D eigenvalue weighted by molar-refractivity contribution is 0.0532. The van der Waals surface area contributed by atoms with Crippen LogP contribution in [-0.2, 0) is 11.3 Å². The van der Waals surface area contributed by atoms with E-state index in [9.17, 15) is 14.4 Å². The summed E-state index contributed by atoms with van der Waals surface area (Å²) in [5.41, 5.74) is 1.06. The van der Waals surface area contributed by atoms with Crippen molar-refractivity contribution < 1.29 is 23.9 Å². The van der Waals surface area contributed by atoms with Crippen molar-refractivity contribution in [3.05, 3.63) is 87.3 Å². The van der Waals surface area contributed by atoms with Crippen molar-refractivity contribution in [3.63, 3.8) is 0 Å². The number of carbonyl (C=O) groups is 3. The van der Waals surface area contributed by atoms with Crippen LogP contribution in [0.5, 0.6) is 5.75 Å². The van der Waals surface area contributed by atoms with Gasteiger partial charge in [-0.3, -0.25) is 9.36 Å². The average Bonchev–Trinajstić information content (AvgIpc) is 3.51. The normalized spacial score (nSPS) is 10.6. The van der Waals surface area contributed by atoms with E-state index < -0.39 is 12.0 Å². The van der Waals surface area contributed by atoms with E-state index in [0.717, 1.165) is 11.3 Å². The number of aromatic nitrogens is 3. The number of methoxy groups -OCH3 is 1. The number of thiophene rings is 1. The zero-order valence-corrected chi connectivity index (χ0v) is 22.4. The predicted molar refractivity (Wildman–Crippen MR) is 144 cm³/mol. The molecule has 0 saturated heterocycles. The molecule has 0 aliphatic heterocycles. The summed E-state index contributed by atoms with van der Waals surface area (Å²) in [5, 5.41) is 14.5. The molecule has 196 valence electrons. The maximum absolute atomic E-state index is 13.5. The number of halogens is 1. The molecule has 0 spiro atoms. The third-order valence-corrected chi connectivity index (χ3v) is 6.81. The standard InChI is InChI=1S/C26H24ClN5O5S/c1-4-37-25(34)21-13-19(23(33)18-10-5-6-11-20(18)27)24(38-21)32-15(2)30-31-22(32)14-28-26(35)29-16-8-7-9-17(12-16)36-3/h5-13H,4,14H2,1-3H3,(H2,28,29,35). The lowest BCUT2D eigenvalue weighted by Gasteiger charge is -2.11. The van der Waals surface area contributed by atoms with Gasteiger partial charge in [0.25, 0.3) is 0 Å². The lowest BCUT2D eigenvalue weighted by atomic mass is 10.0. The zero-order valence-electron chi connectivity index (χ0n) is 20.8. The van der Waals surface area contributed by atoms with Crippen LogP contribution in [0.2, 0.25) is 5.02 Å². The third kappa shape index (κ3) is 5.84. The number of nitrogens with zero attached hydrogens (tertiary/aromatic N) is 3. The molecule has 2 aromatic carbocycles. The van der Waals surface area contributed by atoms with E-state index in [-0.39, 0.29) is 40.0 Å². The number of urea groups is 1. The Balaban J connectivity index is 1.65. The van der Waals surface area contributed by atoms with Crippen molar-refractivity contribution >= 4 is 46.4 Å². The van der Waals surface area contributed by atoms with E-state index in [1.807, 2.05) is 0 Å². The molecule has 0 unspecified atom stereocenters. The molecule has 2 heterocycles. The van der Waals surface area contributed by atoms with Crippen molar-refractivity contribution in [2.75, 3.05) is 19.0 Å². The first-order valence-corrected chi connectivity index (χ1v) is 12.7. The Morgan fingerprint density at radius 2 is 1.84 bits per heavy atom. The van der Waals surface area contributed by atoms with Crippen LogP contribution in [0, 0.1) is 6.92 Å². The van der Waals surface area contributed by atoms with Crippen LogP contribution in [0.15, 0.2) is 54.6 Å². The molecule has 0 saturated carbocycles. The number of hydrogen-bond donors (Lipinski definition) is 2. The highest BCUT2D eigenvalue weighted by Gasteiger charge is 2.26. The molecule has 0 aliphatic rings. The van der Waals surface area contributed by atoms with E-state index in [1.165, 1.54) is 13.2 Å². The highest BCUT2D eigenvalue weighted by atomic mass is 35.5. The number of hydrogen-bond acceptors (Lipinski definition) is 8. The number of nitrogens with one attached hydrogen (secondary N) is 2. The molecule has 2 N–H and O–H groups in total. The third-order valence-electron chi connectivity index (χ3n) is 5.38. The first kappa shape index (κ1) is 26.8. The highest BCUT2D eigenvalue weighted by molar-refractivity contribution is 7.16. The molecule has 0 atom stereocenters. The summed E-state index contributed by atoms with van der Waals surface area (Å²) in [6.07, 6.45) is 0. The number of aryl methyl sites for hydroxylation is 1. The van der Waals surface area contributed by atoms with Gasteiger partial charge in [0.15, 0.2) is 11.6 Å². The largest absolute Gasteiger partial charge is 0.497 e. The molecule has 12 heteroatoms. The summed E-state index contributed by atoms with van der Waals surface area (Å²) in [5.74, 6) is 0.485. The topological polar surface area (TPSA) is 124 Å². The van der Waals surface area contributed by atoms with Crippen molar-refractivity contribution in [2.24, 2.45) is 0 Å². The Hall–Kier alpha value is -4.22. The van der Waals surface area contributed by atoms with Gasteiger partial charge in [-0.25, -0.2) is 9.59 Å². The van der Waals surface area contributed by atoms with Gasteiger partial charge in [0.05, 0.1) is 30.8 Å². The van der Waals surface area contributed by atoms with Gasteiger partial charge in [0.2, 0.25) is 0 Å². The fraction of sp³-hybridized carbons (Fsp3) is 0.192. The number of benzene rings is 2. The minimum atomic E-state index is -0.556. The van der Waals surface area contributed by atoms with E-state index in [0.29, 0.717) is 28.1 Å². The minimum Gasteiger partial charge on any atom is -0.497 e. The fourth-order valence-corrected chi connectivity index (χ4v) is 4.96. The smallest absolute Gasteiger partial charge is 0.348 e. The second kappa shape index (κ2) is 11.9. The summed E-state index contributed by atoms with van der Waals surface area (Å²) >= 11 is 7.36. The Kier molecular flexibility index (Phi) is 8.39. The van der Waals surface area contributed by atoms with Crippen molar-refractivity contribution in [1.82, 2.24) is 20.1 Å². The molecule has 4 rings (SSSR count). The number of ketones is 1. The maximum Gasteiger partial charge on any atom is 0.348 e. The average molecular weight is 554 g/mol. The Bertz CT molecular complexity index is 1500. The second-order valence-corrected chi connectivity index (χ2v) is 9.34. The molecule has 38 heavy (non-hydrogen) atoms. The van der Waals surface area contributed by atoms with Gasteiger partial charge in [-0.15, -0.1) is 21.5 Å². The van der Waals surface area contributed by atoms with E-state index >= 15 is 0 Å². The van der Waals surface area contributed by atoms with Crippen molar-refractivity contribution in [1.29, 1.82) is 0 Å². The number of ether oxygens (including phenoxy) is 2. The Morgan fingerprint density at radius 1 is 1.05 bits per heavy atom. The molecule has 10 nitrogen and oxygen atoms in total. The van der Waals surface area contributed by atoms with Crippen LogP contribution in [0.3, 0.4) is 0 Å². The Labute approximate surface area is 227 Å². The number of anilines is 1. The minimum absolute atomic E-state index is 0.0109. The summed E-state index contributed by atoms with van der Waals surface area (Å²) in [6, 6.07) is 14.6. The number of amides is 2. The van der Waals surface area contributed by atoms with Gasteiger partial charge < -0.3 is 20.1 Å². The Morgan fingerprint density at radius 3 is 2.58 bits per heavy atom.